The third-order valence-corrected chi connectivity index (χ3v) is 4.43. The highest BCUT2D eigenvalue weighted by Gasteiger charge is 2.39. The van der Waals surface area contributed by atoms with E-state index in [4.69, 9.17) is 23.2 Å². The van der Waals surface area contributed by atoms with Gasteiger partial charge in [-0.15, -0.1) is 0 Å². The number of hydrogen-bond acceptors (Lipinski definition) is 3. The summed E-state index contributed by atoms with van der Waals surface area (Å²) in [6.07, 6.45) is 1.79. The number of hydrogen-bond donors (Lipinski definition) is 1. The first-order valence-electron chi connectivity index (χ1n) is 6.76. The van der Waals surface area contributed by atoms with Crippen molar-refractivity contribution in [3.63, 3.8) is 0 Å². The first kappa shape index (κ1) is 14.6. The van der Waals surface area contributed by atoms with Crippen LogP contribution in [0.4, 0.5) is 5.82 Å². The molecule has 21 heavy (non-hydrogen) atoms. The van der Waals surface area contributed by atoms with E-state index in [-0.39, 0.29) is 5.54 Å². The molecule has 4 nitrogen and oxygen atoms in total. The molecular weight excluding hydrogens is 307 g/mol. The summed E-state index contributed by atoms with van der Waals surface area (Å²) in [4.78, 5) is 11.4. The molecule has 0 bridgehead atoms. The van der Waals surface area contributed by atoms with Gasteiger partial charge in [0.1, 0.15) is 11.4 Å². The first-order valence-corrected chi connectivity index (χ1v) is 7.51. The van der Waals surface area contributed by atoms with Crippen molar-refractivity contribution in [1.29, 1.82) is 0 Å². The van der Waals surface area contributed by atoms with Crippen LogP contribution in [0.1, 0.15) is 12.6 Å². The zero-order valence-electron chi connectivity index (χ0n) is 12.0. The van der Waals surface area contributed by atoms with E-state index in [1.165, 1.54) is 0 Å². The number of rotatable bonds is 2. The Hall–Kier alpha value is -1.36. The van der Waals surface area contributed by atoms with Crippen molar-refractivity contribution in [2.75, 3.05) is 18.0 Å². The van der Waals surface area contributed by atoms with Crippen molar-refractivity contribution < 1.29 is 5.73 Å². The number of aryl methyl sites for hydroxylation is 1. The molecule has 2 aromatic rings. The van der Waals surface area contributed by atoms with Crippen LogP contribution in [0.2, 0.25) is 10.0 Å². The third-order valence-electron chi connectivity index (χ3n) is 3.61. The quantitative estimate of drug-likeness (QED) is 0.924. The topological polar surface area (TPSA) is 56.7 Å². The molecule has 1 aromatic heterocycles. The number of aromatic nitrogens is 2. The normalized spacial score (nSPS) is 16.7. The fourth-order valence-electron chi connectivity index (χ4n) is 2.61. The Morgan fingerprint density at radius 3 is 2.62 bits per heavy atom. The monoisotopic (exact) mass is 323 g/mol. The standard InChI is InChI=1S/C15H16Cl2N4/c1-9-14(10-4-3-5-11(16)13(10)17)19-6-12(20-9)21-7-15(2,18)8-21/h3-6H,7-8,18H2,1-2H3/p+1. The third kappa shape index (κ3) is 2.71. The summed E-state index contributed by atoms with van der Waals surface area (Å²) in [5.74, 6) is 0.885. The van der Waals surface area contributed by atoms with Crippen molar-refractivity contribution in [1.82, 2.24) is 9.97 Å². The Morgan fingerprint density at radius 2 is 2.00 bits per heavy atom. The van der Waals surface area contributed by atoms with Gasteiger partial charge in [-0.05, 0) is 19.9 Å². The minimum atomic E-state index is 0.116. The molecule has 0 atom stereocenters. The maximum atomic E-state index is 6.26. The van der Waals surface area contributed by atoms with Gasteiger partial charge in [0.25, 0.3) is 0 Å². The van der Waals surface area contributed by atoms with E-state index in [9.17, 15) is 0 Å². The molecule has 2 heterocycles. The fraction of sp³-hybridized carbons (Fsp3) is 0.333. The van der Waals surface area contributed by atoms with Crippen molar-refractivity contribution in [2.24, 2.45) is 0 Å². The molecule has 0 spiro atoms. The summed E-state index contributed by atoms with van der Waals surface area (Å²) in [6.45, 7) is 5.88. The summed E-state index contributed by atoms with van der Waals surface area (Å²) in [5.41, 5.74) is 6.68. The largest absolute Gasteiger partial charge is 0.350 e. The van der Waals surface area contributed by atoms with Gasteiger partial charge >= 0.3 is 0 Å². The van der Waals surface area contributed by atoms with Crippen LogP contribution in [-0.2, 0) is 0 Å². The second-order valence-corrected chi connectivity index (χ2v) is 6.72. The van der Waals surface area contributed by atoms with Gasteiger partial charge in [0.2, 0.25) is 0 Å². The lowest BCUT2D eigenvalue weighted by Gasteiger charge is -2.42. The number of anilines is 1. The molecule has 0 saturated carbocycles. The Kier molecular flexibility index (Phi) is 3.56. The first-order chi connectivity index (χ1) is 9.87. The maximum absolute atomic E-state index is 6.26. The molecule has 1 aromatic carbocycles. The van der Waals surface area contributed by atoms with Gasteiger partial charge in [-0.3, -0.25) is 4.98 Å². The Bertz CT molecular complexity index is 692. The number of quaternary nitrogens is 1. The van der Waals surface area contributed by atoms with Gasteiger partial charge in [-0.1, -0.05) is 35.3 Å². The van der Waals surface area contributed by atoms with Crippen molar-refractivity contribution in [3.8, 4) is 11.3 Å². The molecule has 0 radical (unpaired) electrons. The summed E-state index contributed by atoms with van der Waals surface area (Å²) >= 11 is 12.3. The molecule has 110 valence electrons. The fourth-order valence-corrected chi connectivity index (χ4v) is 3.00. The number of nitrogens with zero attached hydrogens (tertiary/aromatic N) is 3. The molecular formula is C15H17Cl2N4+. The van der Waals surface area contributed by atoms with Crippen LogP contribution in [0, 0.1) is 6.92 Å². The summed E-state index contributed by atoms with van der Waals surface area (Å²) in [5, 5.41) is 1.04. The Labute approximate surface area is 133 Å². The molecule has 0 unspecified atom stereocenters. The van der Waals surface area contributed by atoms with E-state index in [0.29, 0.717) is 10.0 Å². The van der Waals surface area contributed by atoms with Crippen LogP contribution in [-0.4, -0.2) is 28.6 Å². The predicted molar refractivity (Wildman–Crippen MR) is 85.7 cm³/mol. The second kappa shape index (κ2) is 5.13. The zero-order chi connectivity index (χ0) is 15.2. The van der Waals surface area contributed by atoms with E-state index in [1.54, 1.807) is 12.3 Å². The van der Waals surface area contributed by atoms with Gasteiger partial charge in [0, 0.05) is 5.56 Å². The van der Waals surface area contributed by atoms with E-state index >= 15 is 0 Å². The predicted octanol–water partition coefficient (Wildman–Crippen LogP) is 2.58. The van der Waals surface area contributed by atoms with Crippen molar-refractivity contribution in [3.05, 3.63) is 40.1 Å². The van der Waals surface area contributed by atoms with Gasteiger partial charge in [0.05, 0.1) is 40.7 Å². The minimum Gasteiger partial charge on any atom is -0.350 e. The van der Waals surface area contributed by atoms with Crippen molar-refractivity contribution >= 4 is 29.0 Å². The average Bonchev–Trinajstić information content (AvgIpc) is 2.39. The maximum Gasteiger partial charge on any atom is 0.147 e. The molecule has 0 aliphatic carbocycles. The van der Waals surface area contributed by atoms with Crippen LogP contribution in [0.25, 0.3) is 11.3 Å². The van der Waals surface area contributed by atoms with Crippen LogP contribution < -0.4 is 10.6 Å². The van der Waals surface area contributed by atoms with E-state index < -0.39 is 0 Å². The SMILES string of the molecule is Cc1nc(N2CC(C)([NH3+])C2)cnc1-c1cccc(Cl)c1Cl. The van der Waals surface area contributed by atoms with E-state index in [2.05, 4.69) is 27.5 Å². The average molecular weight is 324 g/mol. The summed E-state index contributed by atoms with van der Waals surface area (Å²) < 4.78 is 0. The van der Waals surface area contributed by atoms with Crippen LogP contribution in [0.5, 0.6) is 0 Å². The molecule has 3 N–H and O–H groups in total. The molecule has 1 fully saturated rings. The molecule has 1 aliphatic heterocycles. The Balaban J connectivity index is 1.94. The highest BCUT2D eigenvalue weighted by atomic mass is 35.5. The number of halogens is 2. The highest BCUT2D eigenvalue weighted by Crippen LogP contribution is 2.34. The lowest BCUT2D eigenvalue weighted by Crippen LogP contribution is -2.85. The zero-order valence-corrected chi connectivity index (χ0v) is 13.5. The molecule has 1 saturated heterocycles. The molecule has 6 heteroatoms. The van der Waals surface area contributed by atoms with Crippen molar-refractivity contribution in [2.45, 2.75) is 19.4 Å². The number of benzene rings is 1. The van der Waals surface area contributed by atoms with Crippen LogP contribution >= 0.6 is 23.2 Å². The van der Waals surface area contributed by atoms with Gasteiger partial charge in [0.15, 0.2) is 0 Å². The molecule has 0 amide bonds. The van der Waals surface area contributed by atoms with Gasteiger partial charge in [-0.25, -0.2) is 4.98 Å². The molecule has 3 rings (SSSR count). The van der Waals surface area contributed by atoms with Crippen LogP contribution in [0.3, 0.4) is 0 Å². The second-order valence-electron chi connectivity index (χ2n) is 5.93. The smallest absolute Gasteiger partial charge is 0.147 e. The van der Waals surface area contributed by atoms with Crippen LogP contribution in [0.15, 0.2) is 24.4 Å². The highest BCUT2D eigenvalue weighted by molar-refractivity contribution is 6.43. The van der Waals surface area contributed by atoms with Gasteiger partial charge < -0.3 is 10.6 Å². The summed E-state index contributed by atoms with van der Waals surface area (Å²) in [6, 6.07) is 5.53. The van der Waals surface area contributed by atoms with Gasteiger partial charge in [-0.2, -0.15) is 0 Å². The molecule has 1 aliphatic rings. The van der Waals surface area contributed by atoms with E-state index in [1.807, 2.05) is 19.1 Å². The van der Waals surface area contributed by atoms with E-state index in [0.717, 1.165) is 35.9 Å². The lowest BCUT2D eigenvalue weighted by atomic mass is 9.94. The summed E-state index contributed by atoms with van der Waals surface area (Å²) in [7, 11) is 0. The Morgan fingerprint density at radius 1 is 1.29 bits per heavy atom. The lowest BCUT2D eigenvalue weighted by molar-refractivity contribution is -0.476. The minimum absolute atomic E-state index is 0.116.